The zero-order chi connectivity index (χ0) is 15.9. The molecule has 0 saturated carbocycles. The summed E-state index contributed by atoms with van der Waals surface area (Å²) in [5.74, 6) is -0.0726. The maximum Gasteiger partial charge on any atom is 0.239 e. The quantitative estimate of drug-likeness (QED) is 0.860. The molecule has 1 amide bonds. The summed E-state index contributed by atoms with van der Waals surface area (Å²) in [6.45, 7) is 0.658. The SMILES string of the molecule is CN(C)c1ccc(NCC(=O)NCc2ccccc2Cl)cc1. The van der Waals surface area contributed by atoms with E-state index in [0.717, 1.165) is 16.9 Å². The predicted octanol–water partition coefficient (Wildman–Crippen LogP) is 3.13. The summed E-state index contributed by atoms with van der Waals surface area (Å²) >= 11 is 6.05. The van der Waals surface area contributed by atoms with Crippen LogP contribution in [0.25, 0.3) is 0 Å². The van der Waals surface area contributed by atoms with Gasteiger partial charge in [0.1, 0.15) is 0 Å². The lowest BCUT2D eigenvalue weighted by atomic mass is 10.2. The molecule has 0 bridgehead atoms. The average molecular weight is 318 g/mol. The summed E-state index contributed by atoms with van der Waals surface area (Å²) in [6, 6.07) is 15.4. The number of hydrogen-bond donors (Lipinski definition) is 2. The highest BCUT2D eigenvalue weighted by molar-refractivity contribution is 6.31. The van der Waals surface area contributed by atoms with E-state index in [1.807, 2.05) is 67.5 Å². The fourth-order valence-electron chi connectivity index (χ4n) is 1.96. The number of benzene rings is 2. The fraction of sp³-hybridized carbons (Fsp3) is 0.235. The Morgan fingerprint density at radius 1 is 1.09 bits per heavy atom. The third-order valence-electron chi connectivity index (χ3n) is 3.27. The van der Waals surface area contributed by atoms with Gasteiger partial charge in [-0.25, -0.2) is 0 Å². The first kappa shape index (κ1) is 16.2. The molecule has 0 saturated heterocycles. The van der Waals surface area contributed by atoms with E-state index in [1.165, 1.54) is 0 Å². The average Bonchev–Trinajstić information content (AvgIpc) is 2.52. The minimum atomic E-state index is -0.0726. The van der Waals surface area contributed by atoms with Crippen LogP contribution in [0.15, 0.2) is 48.5 Å². The summed E-state index contributed by atoms with van der Waals surface area (Å²) in [5.41, 5.74) is 2.94. The van der Waals surface area contributed by atoms with Crippen LogP contribution in [0.3, 0.4) is 0 Å². The van der Waals surface area contributed by atoms with Gasteiger partial charge in [-0.2, -0.15) is 0 Å². The van der Waals surface area contributed by atoms with Gasteiger partial charge in [-0.1, -0.05) is 29.8 Å². The Morgan fingerprint density at radius 3 is 2.41 bits per heavy atom. The molecule has 0 heterocycles. The molecule has 0 atom stereocenters. The normalized spacial score (nSPS) is 10.1. The van der Waals surface area contributed by atoms with Crippen molar-refractivity contribution in [2.24, 2.45) is 0 Å². The van der Waals surface area contributed by atoms with Crippen LogP contribution in [0.2, 0.25) is 5.02 Å². The van der Waals surface area contributed by atoms with Crippen LogP contribution in [-0.4, -0.2) is 26.5 Å². The Kier molecular flexibility index (Phi) is 5.67. The van der Waals surface area contributed by atoms with E-state index in [4.69, 9.17) is 11.6 Å². The molecule has 2 aromatic rings. The molecular formula is C17H20ClN3O. The van der Waals surface area contributed by atoms with Crippen LogP contribution in [0.1, 0.15) is 5.56 Å². The van der Waals surface area contributed by atoms with E-state index in [-0.39, 0.29) is 12.5 Å². The van der Waals surface area contributed by atoms with Crippen LogP contribution >= 0.6 is 11.6 Å². The van der Waals surface area contributed by atoms with Crippen molar-refractivity contribution < 1.29 is 4.79 Å². The summed E-state index contributed by atoms with van der Waals surface area (Å²) in [5, 5.41) is 6.61. The number of halogens is 1. The molecule has 0 aliphatic carbocycles. The van der Waals surface area contributed by atoms with Crippen molar-refractivity contribution in [2.45, 2.75) is 6.54 Å². The third kappa shape index (κ3) is 4.67. The van der Waals surface area contributed by atoms with E-state index in [2.05, 4.69) is 10.6 Å². The van der Waals surface area contributed by atoms with Crippen molar-refractivity contribution in [2.75, 3.05) is 30.9 Å². The molecule has 0 spiro atoms. The molecule has 0 aliphatic heterocycles. The minimum Gasteiger partial charge on any atom is -0.378 e. The second-order valence-electron chi connectivity index (χ2n) is 5.16. The maximum absolute atomic E-state index is 11.9. The molecule has 116 valence electrons. The Labute approximate surface area is 136 Å². The summed E-state index contributed by atoms with van der Waals surface area (Å²) in [7, 11) is 3.98. The highest BCUT2D eigenvalue weighted by atomic mass is 35.5. The number of nitrogens with zero attached hydrogens (tertiary/aromatic N) is 1. The summed E-state index contributed by atoms with van der Waals surface area (Å²) in [4.78, 5) is 13.9. The zero-order valence-electron chi connectivity index (χ0n) is 12.8. The lowest BCUT2D eigenvalue weighted by Gasteiger charge is -2.13. The van der Waals surface area contributed by atoms with Gasteiger partial charge in [-0.15, -0.1) is 0 Å². The van der Waals surface area contributed by atoms with Crippen molar-refractivity contribution in [1.82, 2.24) is 5.32 Å². The molecular weight excluding hydrogens is 298 g/mol. The molecule has 2 aromatic carbocycles. The van der Waals surface area contributed by atoms with Crippen LogP contribution in [0.5, 0.6) is 0 Å². The van der Waals surface area contributed by atoms with Crippen LogP contribution in [-0.2, 0) is 11.3 Å². The monoisotopic (exact) mass is 317 g/mol. The largest absolute Gasteiger partial charge is 0.378 e. The molecule has 4 nitrogen and oxygen atoms in total. The molecule has 2 rings (SSSR count). The van der Waals surface area contributed by atoms with Crippen molar-refractivity contribution >= 4 is 28.9 Å². The van der Waals surface area contributed by atoms with Crippen LogP contribution in [0, 0.1) is 0 Å². The number of nitrogens with one attached hydrogen (secondary N) is 2. The first-order valence-corrected chi connectivity index (χ1v) is 7.45. The van der Waals surface area contributed by atoms with Gasteiger partial charge in [-0.3, -0.25) is 4.79 Å². The fourth-order valence-corrected chi connectivity index (χ4v) is 2.16. The second-order valence-corrected chi connectivity index (χ2v) is 5.57. The molecule has 0 aromatic heterocycles. The van der Waals surface area contributed by atoms with Crippen LogP contribution < -0.4 is 15.5 Å². The van der Waals surface area contributed by atoms with Gasteiger partial charge in [0, 0.05) is 37.0 Å². The second kappa shape index (κ2) is 7.71. The highest BCUT2D eigenvalue weighted by Gasteiger charge is 2.04. The van der Waals surface area contributed by atoms with Gasteiger partial charge >= 0.3 is 0 Å². The van der Waals surface area contributed by atoms with Gasteiger partial charge < -0.3 is 15.5 Å². The maximum atomic E-state index is 11.9. The number of rotatable bonds is 6. The highest BCUT2D eigenvalue weighted by Crippen LogP contribution is 2.16. The van der Waals surface area contributed by atoms with Gasteiger partial charge in [0.2, 0.25) is 5.91 Å². The smallest absolute Gasteiger partial charge is 0.239 e. The number of hydrogen-bond acceptors (Lipinski definition) is 3. The first-order valence-electron chi connectivity index (χ1n) is 7.07. The van der Waals surface area contributed by atoms with E-state index < -0.39 is 0 Å². The molecule has 2 N–H and O–H groups in total. The Hall–Kier alpha value is -2.20. The predicted molar refractivity (Wildman–Crippen MR) is 92.6 cm³/mol. The Balaban J connectivity index is 1.79. The van der Waals surface area contributed by atoms with E-state index in [0.29, 0.717) is 11.6 Å². The number of carbonyl (C=O) groups excluding carboxylic acids is 1. The topological polar surface area (TPSA) is 44.4 Å². The van der Waals surface area contributed by atoms with Crippen molar-refractivity contribution in [3.05, 3.63) is 59.1 Å². The van der Waals surface area contributed by atoms with Crippen molar-refractivity contribution in [3.63, 3.8) is 0 Å². The summed E-state index contributed by atoms with van der Waals surface area (Å²) in [6.07, 6.45) is 0. The number of amides is 1. The van der Waals surface area contributed by atoms with Crippen LogP contribution in [0.4, 0.5) is 11.4 Å². The van der Waals surface area contributed by atoms with E-state index in [1.54, 1.807) is 0 Å². The van der Waals surface area contributed by atoms with E-state index >= 15 is 0 Å². The minimum absolute atomic E-state index is 0.0726. The first-order chi connectivity index (χ1) is 10.6. The number of anilines is 2. The lowest BCUT2D eigenvalue weighted by Crippen LogP contribution is -2.29. The molecule has 5 heteroatoms. The molecule has 0 unspecified atom stereocenters. The van der Waals surface area contributed by atoms with Gasteiger partial charge in [0.15, 0.2) is 0 Å². The van der Waals surface area contributed by atoms with E-state index in [9.17, 15) is 4.79 Å². The third-order valence-corrected chi connectivity index (χ3v) is 3.64. The molecule has 22 heavy (non-hydrogen) atoms. The van der Waals surface area contributed by atoms with Crippen molar-refractivity contribution in [1.29, 1.82) is 0 Å². The van der Waals surface area contributed by atoms with Gasteiger partial charge in [0.05, 0.1) is 6.54 Å². The molecule has 0 fully saturated rings. The zero-order valence-corrected chi connectivity index (χ0v) is 13.5. The van der Waals surface area contributed by atoms with Gasteiger partial charge in [-0.05, 0) is 35.9 Å². The Bertz CT molecular complexity index is 626. The van der Waals surface area contributed by atoms with Gasteiger partial charge in [0.25, 0.3) is 0 Å². The lowest BCUT2D eigenvalue weighted by molar-refractivity contribution is -0.119. The number of carbonyl (C=O) groups is 1. The summed E-state index contributed by atoms with van der Waals surface area (Å²) < 4.78 is 0. The standard InChI is InChI=1S/C17H20ClN3O/c1-21(2)15-9-7-14(8-10-15)19-12-17(22)20-11-13-5-3-4-6-16(13)18/h3-10,19H,11-12H2,1-2H3,(H,20,22). The Morgan fingerprint density at radius 2 is 1.77 bits per heavy atom. The molecule has 0 radical (unpaired) electrons. The van der Waals surface area contributed by atoms with Crippen molar-refractivity contribution in [3.8, 4) is 0 Å². The molecule has 0 aliphatic rings.